The molecule has 0 radical (unpaired) electrons. The summed E-state index contributed by atoms with van der Waals surface area (Å²) in [6.07, 6.45) is 2.67. The van der Waals surface area contributed by atoms with Crippen LogP contribution >= 0.6 is 0 Å². The number of hydrogen-bond acceptors (Lipinski definition) is 2. The first-order chi connectivity index (χ1) is 14.3. The first-order valence-corrected chi connectivity index (χ1v) is 11.1. The highest BCUT2D eigenvalue weighted by Crippen LogP contribution is 2.32. The van der Waals surface area contributed by atoms with Crippen molar-refractivity contribution in [3.05, 3.63) is 65.2 Å². The Morgan fingerprint density at radius 1 is 0.867 bits per heavy atom. The zero-order chi connectivity index (χ0) is 22.1. The molecule has 30 heavy (non-hydrogen) atoms. The van der Waals surface area contributed by atoms with Gasteiger partial charge in [-0.1, -0.05) is 89.6 Å². The van der Waals surface area contributed by atoms with Crippen molar-refractivity contribution in [1.29, 1.82) is 0 Å². The second kappa shape index (κ2) is 11.5. The van der Waals surface area contributed by atoms with Crippen molar-refractivity contribution in [3.63, 3.8) is 0 Å². The zero-order valence-electron chi connectivity index (χ0n) is 19.0. The highest BCUT2D eigenvalue weighted by atomic mass is 16.2. The molecule has 0 saturated heterocycles. The van der Waals surface area contributed by atoms with E-state index >= 15 is 0 Å². The molecule has 0 fully saturated rings. The van der Waals surface area contributed by atoms with Gasteiger partial charge in [-0.3, -0.25) is 9.59 Å². The van der Waals surface area contributed by atoms with Crippen LogP contribution in [0.15, 0.2) is 48.5 Å². The first-order valence-electron chi connectivity index (χ1n) is 11.1. The lowest BCUT2D eigenvalue weighted by Gasteiger charge is -2.24. The molecule has 0 aliphatic rings. The van der Waals surface area contributed by atoms with Crippen molar-refractivity contribution in [2.24, 2.45) is 0 Å². The van der Waals surface area contributed by atoms with E-state index < -0.39 is 6.04 Å². The maximum absolute atomic E-state index is 13.4. The Morgan fingerprint density at radius 2 is 1.47 bits per heavy atom. The topological polar surface area (TPSA) is 58.2 Å². The molecule has 0 bridgehead atoms. The van der Waals surface area contributed by atoms with Crippen LogP contribution in [-0.4, -0.2) is 17.9 Å². The Hall–Kier alpha value is -2.62. The number of unbranched alkanes of at least 4 members (excludes halogenated alkanes) is 1. The van der Waals surface area contributed by atoms with Gasteiger partial charge in [0.2, 0.25) is 11.8 Å². The molecule has 1 unspecified atom stereocenters. The maximum atomic E-state index is 13.4. The summed E-state index contributed by atoms with van der Waals surface area (Å²) < 4.78 is 0. The lowest BCUT2D eigenvalue weighted by atomic mass is 9.92. The van der Waals surface area contributed by atoms with Crippen molar-refractivity contribution in [2.75, 3.05) is 5.32 Å². The summed E-state index contributed by atoms with van der Waals surface area (Å²) in [7, 11) is 0. The number of para-hydroxylation sites is 1. The van der Waals surface area contributed by atoms with Crippen molar-refractivity contribution in [3.8, 4) is 0 Å². The molecular weight excluding hydrogens is 372 g/mol. The van der Waals surface area contributed by atoms with Crippen molar-refractivity contribution >= 4 is 17.5 Å². The van der Waals surface area contributed by atoms with Crippen LogP contribution in [0.1, 0.15) is 82.4 Å². The van der Waals surface area contributed by atoms with E-state index in [1.54, 1.807) is 0 Å². The van der Waals surface area contributed by atoms with Crippen molar-refractivity contribution in [2.45, 2.75) is 78.2 Å². The van der Waals surface area contributed by atoms with Gasteiger partial charge in [0.25, 0.3) is 0 Å². The van der Waals surface area contributed by atoms with Gasteiger partial charge in [-0.15, -0.1) is 0 Å². The summed E-state index contributed by atoms with van der Waals surface area (Å²) in [5.41, 5.74) is 4.14. The van der Waals surface area contributed by atoms with Crippen LogP contribution in [0.2, 0.25) is 0 Å². The molecular formula is C26H36N2O2. The summed E-state index contributed by atoms with van der Waals surface area (Å²) in [5.74, 6) is 0.323. The lowest BCUT2D eigenvalue weighted by molar-refractivity contribution is -0.126. The quantitative estimate of drug-likeness (QED) is 0.523. The molecule has 2 amide bonds. The fraction of sp³-hybridized carbons (Fsp3) is 0.462. The fourth-order valence-electron chi connectivity index (χ4n) is 3.57. The Kier molecular flexibility index (Phi) is 9.10. The first kappa shape index (κ1) is 23.7. The minimum absolute atomic E-state index is 0.0749. The van der Waals surface area contributed by atoms with E-state index in [0.29, 0.717) is 12.8 Å². The molecule has 2 rings (SSSR count). The fourth-order valence-corrected chi connectivity index (χ4v) is 3.57. The highest BCUT2D eigenvalue weighted by molar-refractivity contribution is 5.98. The predicted molar refractivity (Wildman–Crippen MR) is 125 cm³/mol. The lowest BCUT2D eigenvalue weighted by Crippen LogP contribution is -2.45. The number of carbonyl (C=O) groups is 2. The Labute approximate surface area is 181 Å². The third-order valence-electron chi connectivity index (χ3n) is 5.31. The number of anilines is 1. The van der Waals surface area contributed by atoms with Crippen LogP contribution in [0.3, 0.4) is 0 Å². The molecule has 1 atom stereocenters. The summed E-state index contributed by atoms with van der Waals surface area (Å²) in [6.45, 7) is 10.6. The van der Waals surface area contributed by atoms with Crippen LogP contribution in [0.25, 0.3) is 0 Å². The molecule has 4 nitrogen and oxygen atoms in total. The second-order valence-electron chi connectivity index (χ2n) is 8.52. The maximum Gasteiger partial charge on any atom is 0.247 e. The Bertz CT molecular complexity index is 802. The minimum atomic E-state index is -0.614. The highest BCUT2D eigenvalue weighted by Gasteiger charge is 2.24. The predicted octanol–water partition coefficient (Wildman–Crippen LogP) is 5.79. The Morgan fingerprint density at radius 3 is 2.00 bits per heavy atom. The normalized spacial score (nSPS) is 12.1. The van der Waals surface area contributed by atoms with Crippen LogP contribution < -0.4 is 10.6 Å². The van der Waals surface area contributed by atoms with Crippen LogP contribution in [0, 0.1) is 0 Å². The van der Waals surface area contributed by atoms with Gasteiger partial charge >= 0.3 is 0 Å². The number of carbonyl (C=O) groups excluding carboxylic acids is 2. The van der Waals surface area contributed by atoms with Gasteiger partial charge in [-0.25, -0.2) is 0 Å². The van der Waals surface area contributed by atoms with Crippen LogP contribution in [0.5, 0.6) is 0 Å². The minimum Gasteiger partial charge on any atom is -0.344 e. The molecule has 2 aromatic rings. The van der Waals surface area contributed by atoms with Gasteiger partial charge in [0.15, 0.2) is 0 Å². The second-order valence-corrected chi connectivity index (χ2v) is 8.52. The molecule has 0 aliphatic heterocycles. The van der Waals surface area contributed by atoms with E-state index in [0.717, 1.165) is 35.2 Å². The van der Waals surface area contributed by atoms with Crippen LogP contribution in [0.4, 0.5) is 5.69 Å². The molecule has 0 saturated carbocycles. The Balaban J connectivity index is 2.30. The third-order valence-corrected chi connectivity index (χ3v) is 5.31. The molecule has 2 N–H and O–H groups in total. The zero-order valence-corrected chi connectivity index (χ0v) is 19.0. The van der Waals surface area contributed by atoms with Crippen molar-refractivity contribution < 1.29 is 9.59 Å². The molecule has 4 heteroatoms. The summed E-state index contributed by atoms with van der Waals surface area (Å²) in [5, 5.41) is 6.14. The molecule has 0 aromatic heterocycles. The number of benzene rings is 2. The molecule has 0 spiro atoms. The smallest absolute Gasteiger partial charge is 0.247 e. The van der Waals surface area contributed by atoms with Gasteiger partial charge < -0.3 is 10.6 Å². The standard InChI is InChI=1S/C26H36N2O2/c1-6-7-16-24(29)27-23(17-20-12-9-8-10-13-20)26(30)28-25-21(18(2)3)14-11-15-22(25)19(4)5/h8-15,18-19,23H,6-7,16-17H2,1-5H3,(H,27,29)(H,28,30). The molecule has 2 aromatic carbocycles. The third kappa shape index (κ3) is 6.72. The van der Waals surface area contributed by atoms with Crippen molar-refractivity contribution in [1.82, 2.24) is 5.32 Å². The molecule has 0 aliphatic carbocycles. The van der Waals surface area contributed by atoms with Gasteiger partial charge in [0.05, 0.1) is 0 Å². The average Bonchev–Trinajstić information content (AvgIpc) is 2.72. The SMILES string of the molecule is CCCCC(=O)NC(Cc1ccccc1)C(=O)Nc1c(C(C)C)cccc1C(C)C. The van der Waals surface area contributed by atoms with E-state index in [-0.39, 0.29) is 23.7 Å². The van der Waals surface area contributed by atoms with Gasteiger partial charge in [-0.2, -0.15) is 0 Å². The van der Waals surface area contributed by atoms with Gasteiger partial charge in [0, 0.05) is 18.5 Å². The van der Waals surface area contributed by atoms with E-state index in [2.05, 4.69) is 57.4 Å². The van der Waals surface area contributed by atoms with Crippen LogP contribution in [-0.2, 0) is 16.0 Å². The van der Waals surface area contributed by atoms with Gasteiger partial charge in [0.1, 0.15) is 6.04 Å². The summed E-state index contributed by atoms with van der Waals surface area (Å²) in [6, 6.07) is 15.4. The summed E-state index contributed by atoms with van der Waals surface area (Å²) in [4.78, 5) is 25.8. The largest absolute Gasteiger partial charge is 0.344 e. The number of rotatable bonds is 10. The summed E-state index contributed by atoms with van der Waals surface area (Å²) >= 11 is 0. The average molecular weight is 409 g/mol. The monoisotopic (exact) mass is 408 g/mol. The number of amides is 2. The number of nitrogens with one attached hydrogen (secondary N) is 2. The number of hydrogen-bond donors (Lipinski definition) is 2. The van der Waals surface area contributed by atoms with Gasteiger partial charge in [-0.05, 0) is 34.9 Å². The van der Waals surface area contributed by atoms with E-state index in [9.17, 15) is 9.59 Å². The van der Waals surface area contributed by atoms with E-state index in [1.165, 1.54) is 0 Å². The van der Waals surface area contributed by atoms with E-state index in [4.69, 9.17) is 0 Å². The molecule has 162 valence electrons. The van der Waals surface area contributed by atoms with E-state index in [1.807, 2.05) is 36.4 Å². The molecule has 0 heterocycles.